The van der Waals surface area contributed by atoms with Crippen LogP contribution < -0.4 is 0 Å². The second-order valence-electron chi connectivity index (χ2n) is 3.37. The Balaban J connectivity index is 2.78. The van der Waals surface area contributed by atoms with Gasteiger partial charge in [0.05, 0.1) is 0 Å². The Morgan fingerprint density at radius 1 is 1.15 bits per heavy atom. The predicted molar refractivity (Wildman–Crippen MR) is 67.6 cm³/mol. The molecular formula is C11H14IN. The third-order valence-electron chi connectivity index (χ3n) is 2.19. The fourth-order valence-corrected chi connectivity index (χ4v) is 5.11. The van der Waals surface area contributed by atoms with Crippen molar-refractivity contribution in [2.24, 2.45) is 0 Å². The maximum absolute atomic E-state index is 3.45. The number of benzene rings is 1. The Kier molecular flexibility index (Phi) is 2.32. The van der Waals surface area contributed by atoms with Gasteiger partial charge >= 0.3 is 86.0 Å². The van der Waals surface area contributed by atoms with E-state index in [0.29, 0.717) is 0 Å². The van der Waals surface area contributed by atoms with E-state index in [1.807, 2.05) is 0 Å². The Morgan fingerprint density at radius 2 is 1.85 bits per heavy atom. The molecule has 0 fully saturated rings. The second kappa shape index (κ2) is 3.33. The molecule has 13 heavy (non-hydrogen) atoms. The number of halogens is 1. The summed E-state index contributed by atoms with van der Waals surface area (Å²) in [5.74, 6) is 0. The number of aromatic amines is 1. The van der Waals surface area contributed by atoms with Crippen LogP contribution in [0.3, 0.4) is 0 Å². The van der Waals surface area contributed by atoms with Gasteiger partial charge in [0.25, 0.3) is 0 Å². The van der Waals surface area contributed by atoms with E-state index in [1.165, 1.54) is 16.6 Å². The number of alkyl halides is 2. The van der Waals surface area contributed by atoms with Crippen molar-refractivity contribution in [2.45, 2.75) is 6.92 Å². The third-order valence-corrected chi connectivity index (χ3v) is 5.74. The molecule has 2 heteroatoms. The molecule has 2 rings (SSSR count). The van der Waals surface area contributed by atoms with Crippen LogP contribution in [-0.2, 0) is 0 Å². The Bertz CT molecular complexity index is 429. The molecule has 0 aliphatic rings. The van der Waals surface area contributed by atoms with Crippen LogP contribution in [0.25, 0.3) is 10.9 Å². The topological polar surface area (TPSA) is 15.8 Å². The van der Waals surface area contributed by atoms with Crippen molar-refractivity contribution >= 4 is 30.7 Å². The van der Waals surface area contributed by atoms with Gasteiger partial charge in [-0.1, -0.05) is 0 Å². The van der Waals surface area contributed by atoms with E-state index in [2.05, 4.69) is 46.0 Å². The second-order valence-corrected chi connectivity index (χ2v) is 8.76. The summed E-state index contributed by atoms with van der Waals surface area (Å²) in [6.07, 6.45) is 0. The molecule has 0 aliphatic heterocycles. The maximum atomic E-state index is 3.45. The molecule has 70 valence electrons. The SMILES string of the molecule is Cc1[nH]c2ccccc2c1I(C)C. The molecular weight excluding hydrogens is 273 g/mol. The monoisotopic (exact) mass is 287 g/mol. The molecule has 0 bridgehead atoms. The summed E-state index contributed by atoms with van der Waals surface area (Å²) < 4.78 is 1.61. The zero-order valence-corrected chi connectivity index (χ0v) is 10.3. The molecule has 1 N–H and O–H groups in total. The molecule has 0 radical (unpaired) electrons. The number of aryl methyl sites for hydroxylation is 1. The fourth-order valence-electron chi connectivity index (χ4n) is 1.73. The zero-order valence-electron chi connectivity index (χ0n) is 8.19. The van der Waals surface area contributed by atoms with Gasteiger partial charge in [-0.2, -0.15) is 0 Å². The van der Waals surface area contributed by atoms with Crippen molar-refractivity contribution in [3.8, 4) is 0 Å². The van der Waals surface area contributed by atoms with Gasteiger partial charge in [-0.25, -0.2) is 0 Å². The molecule has 0 saturated carbocycles. The first-order chi connectivity index (χ1) is 6.20. The van der Waals surface area contributed by atoms with Gasteiger partial charge in [0, 0.05) is 0 Å². The van der Waals surface area contributed by atoms with Crippen molar-refractivity contribution < 1.29 is 0 Å². The first kappa shape index (κ1) is 9.06. The molecule has 0 saturated heterocycles. The molecule has 0 spiro atoms. The number of hydrogen-bond donors (Lipinski definition) is 1. The molecule has 1 aromatic carbocycles. The zero-order chi connectivity index (χ0) is 9.42. The Labute approximate surface area is 85.9 Å². The van der Waals surface area contributed by atoms with E-state index < -0.39 is 19.8 Å². The van der Waals surface area contributed by atoms with Gasteiger partial charge < -0.3 is 0 Å². The molecule has 0 unspecified atom stereocenters. The minimum atomic E-state index is -0.866. The molecule has 0 aliphatic carbocycles. The van der Waals surface area contributed by atoms with E-state index in [4.69, 9.17) is 0 Å². The van der Waals surface area contributed by atoms with Crippen molar-refractivity contribution in [2.75, 3.05) is 9.86 Å². The molecule has 1 heterocycles. The van der Waals surface area contributed by atoms with Gasteiger partial charge in [0.2, 0.25) is 0 Å². The van der Waals surface area contributed by atoms with Crippen molar-refractivity contribution in [3.63, 3.8) is 0 Å². The molecule has 1 nitrogen and oxygen atoms in total. The Morgan fingerprint density at radius 3 is 2.54 bits per heavy atom. The summed E-state index contributed by atoms with van der Waals surface area (Å²) in [5, 5.41) is 1.44. The van der Waals surface area contributed by atoms with Gasteiger partial charge in [0.15, 0.2) is 0 Å². The van der Waals surface area contributed by atoms with E-state index in [9.17, 15) is 0 Å². The van der Waals surface area contributed by atoms with E-state index in [-0.39, 0.29) is 0 Å². The quantitative estimate of drug-likeness (QED) is 0.611. The van der Waals surface area contributed by atoms with Crippen molar-refractivity contribution in [1.29, 1.82) is 0 Å². The number of fused-ring (bicyclic) bond motifs is 1. The summed E-state index contributed by atoms with van der Waals surface area (Å²) in [4.78, 5) is 8.24. The number of hydrogen-bond acceptors (Lipinski definition) is 0. The van der Waals surface area contributed by atoms with Crippen LogP contribution in [0.2, 0.25) is 0 Å². The van der Waals surface area contributed by atoms with E-state index >= 15 is 0 Å². The van der Waals surface area contributed by atoms with Crippen LogP contribution in [0.15, 0.2) is 24.3 Å². The Hall–Kier alpha value is -0.510. The summed E-state index contributed by atoms with van der Waals surface area (Å²) >= 11 is -0.866. The normalized spacial score (nSPS) is 12.1. The number of aromatic nitrogens is 1. The van der Waals surface area contributed by atoms with Gasteiger partial charge in [-0.3, -0.25) is 0 Å². The van der Waals surface area contributed by atoms with Crippen LogP contribution in [0.5, 0.6) is 0 Å². The van der Waals surface area contributed by atoms with Crippen LogP contribution in [-0.4, -0.2) is 14.8 Å². The summed E-state index contributed by atoms with van der Waals surface area (Å²) in [5.41, 5.74) is 2.66. The summed E-state index contributed by atoms with van der Waals surface area (Å²) in [6, 6.07) is 8.60. The number of H-pyrrole nitrogens is 1. The van der Waals surface area contributed by atoms with Crippen LogP contribution in [0.1, 0.15) is 5.69 Å². The predicted octanol–water partition coefficient (Wildman–Crippen LogP) is 3.41. The minimum absolute atomic E-state index is 0.866. The van der Waals surface area contributed by atoms with Gasteiger partial charge in [-0.15, -0.1) is 0 Å². The van der Waals surface area contributed by atoms with Crippen LogP contribution >= 0.6 is 19.8 Å². The van der Waals surface area contributed by atoms with Gasteiger partial charge in [0.1, 0.15) is 0 Å². The molecule has 0 amide bonds. The molecule has 2 aromatic rings. The van der Waals surface area contributed by atoms with Crippen molar-refractivity contribution in [1.82, 2.24) is 4.98 Å². The summed E-state index contributed by atoms with van der Waals surface area (Å²) in [6.45, 7) is 2.19. The number of para-hydroxylation sites is 1. The number of nitrogens with one attached hydrogen (secondary N) is 1. The number of rotatable bonds is 1. The summed E-state index contributed by atoms with van der Waals surface area (Å²) in [7, 11) is 0. The average molecular weight is 287 g/mol. The molecule has 1 aromatic heterocycles. The van der Waals surface area contributed by atoms with Gasteiger partial charge in [-0.05, 0) is 0 Å². The third kappa shape index (κ3) is 1.47. The van der Waals surface area contributed by atoms with E-state index in [1.54, 1.807) is 3.57 Å². The van der Waals surface area contributed by atoms with E-state index in [0.717, 1.165) is 0 Å². The first-order valence-electron chi connectivity index (χ1n) is 4.27. The standard InChI is InChI=1S/C11H14IN/c1-8-11(12(2)3)9-6-4-5-7-10(9)13-8/h4-7,13H,1-3H3. The fraction of sp³-hybridized carbons (Fsp3) is 0.273. The average Bonchev–Trinajstić information content (AvgIpc) is 2.39. The van der Waals surface area contributed by atoms with Crippen LogP contribution in [0.4, 0.5) is 0 Å². The molecule has 0 atom stereocenters. The van der Waals surface area contributed by atoms with Crippen molar-refractivity contribution in [3.05, 3.63) is 33.5 Å². The first-order valence-corrected chi connectivity index (χ1v) is 9.67. The van der Waals surface area contributed by atoms with Crippen LogP contribution in [0, 0.1) is 10.5 Å².